The average Bonchev–Trinajstić information content (AvgIpc) is 2.43. The van der Waals surface area contributed by atoms with E-state index in [9.17, 15) is 18.4 Å². The molecule has 0 radical (unpaired) electrons. The van der Waals surface area contributed by atoms with Crippen LogP contribution in [0.2, 0.25) is 0 Å². The fourth-order valence-electron chi connectivity index (χ4n) is 1.66. The van der Waals surface area contributed by atoms with Gasteiger partial charge in [-0.15, -0.1) is 0 Å². The highest BCUT2D eigenvalue weighted by molar-refractivity contribution is 9.10. The van der Waals surface area contributed by atoms with Crippen LogP contribution in [0.5, 0.6) is 0 Å². The molecule has 2 N–H and O–H groups in total. The molecule has 0 aliphatic rings. The predicted octanol–water partition coefficient (Wildman–Crippen LogP) is 3.68. The zero-order valence-electron chi connectivity index (χ0n) is 10.4. The van der Waals surface area contributed by atoms with Crippen molar-refractivity contribution in [2.45, 2.75) is 0 Å². The van der Waals surface area contributed by atoms with Crippen molar-refractivity contribution in [1.82, 2.24) is 0 Å². The average molecular weight is 356 g/mol. The van der Waals surface area contributed by atoms with E-state index in [1.54, 1.807) is 0 Å². The molecule has 0 heterocycles. The molecule has 1 amide bonds. The SMILES string of the molecule is O=C(Nc1ccc(F)cc1C(=O)O)c1cc(Br)ccc1F. The molecule has 0 aliphatic heterocycles. The minimum absolute atomic E-state index is 0.117. The lowest BCUT2D eigenvalue weighted by molar-refractivity contribution is 0.0697. The number of carbonyl (C=O) groups is 2. The van der Waals surface area contributed by atoms with Crippen LogP contribution >= 0.6 is 15.9 Å². The molecule has 0 unspecified atom stereocenters. The van der Waals surface area contributed by atoms with Gasteiger partial charge in [0.2, 0.25) is 0 Å². The molecule has 108 valence electrons. The van der Waals surface area contributed by atoms with Gasteiger partial charge >= 0.3 is 5.97 Å². The summed E-state index contributed by atoms with van der Waals surface area (Å²) in [6, 6.07) is 6.66. The fraction of sp³-hybridized carbons (Fsp3) is 0. The van der Waals surface area contributed by atoms with E-state index in [2.05, 4.69) is 21.2 Å². The number of rotatable bonds is 3. The van der Waals surface area contributed by atoms with E-state index in [0.29, 0.717) is 4.47 Å². The highest BCUT2D eigenvalue weighted by Gasteiger charge is 2.17. The van der Waals surface area contributed by atoms with Crippen LogP contribution in [0.4, 0.5) is 14.5 Å². The van der Waals surface area contributed by atoms with Crippen LogP contribution in [0.15, 0.2) is 40.9 Å². The van der Waals surface area contributed by atoms with Crippen molar-refractivity contribution in [3.63, 3.8) is 0 Å². The van der Waals surface area contributed by atoms with E-state index in [4.69, 9.17) is 5.11 Å². The van der Waals surface area contributed by atoms with Crippen LogP contribution in [0.1, 0.15) is 20.7 Å². The monoisotopic (exact) mass is 355 g/mol. The molecule has 0 aliphatic carbocycles. The predicted molar refractivity (Wildman–Crippen MR) is 75.4 cm³/mol. The number of amides is 1. The van der Waals surface area contributed by atoms with Crippen LogP contribution in [0, 0.1) is 11.6 Å². The first-order valence-corrected chi connectivity index (χ1v) is 6.47. The Hall–Kier alpha value is -2.28. The van der Waals surface area contributed by atoms with Crippen molar-refractivity contribution in [1.29, 1.82) is 0 Å². The Morgan fingerprint density at radius 1 is 1.05 bits per heavy atom. The third kappa shape index (κ3) is 3.43. The van der Waals surface area contributed by atoms with Gasteiger partial charge in [0.1, 0.15) is 11.6 Å². The van der Waals surface area contributed by atoms with Crippen molar-refractivity contribution in [3.05, 3.63) is 63.6 Å². The topological polar surface area (TPSA) is 66.4 Å². The maximum Gasteiger partial charge on any atom is 0.337 e. The Bertz CT molecular complexity index is 734. The molecular weight excluding hydrogens is 348 g/mol. The molecule has 0 spiro atoms. The van der Waals surface area contributed by atoms with Gasteiger partial charge in [0.15, 0.2) is 0 Å². The molecule has 0 saturated carbocycles. The van der Waals surface area contributed by atoms with Gasteiger partial charge in [0, 0.05) is 4.47 Å². The molecule has 0 aromatic heterocycles. The van der Waals surface area contributed by atoms with Crippen LogP contribution in [-0.2, 0) is 0 Å². The molecule has 7 heteroatoms. The van der Waals surface area contributed by atoms with Gasteiger partial charge in [0.05, 0.1) is 16.8 Å². The maximum atomic E-state index is 13.6. The number of nitrogens with one attached hydrogen (secondary N) is 1. The van der Waals surface area contributed by atoms with Crippen molar-refractivity contribution >= 4 is 33.5 Å². The van der Waals surface area contributed by atoms with E-state index in [-0.39, 0.29) is 11.3 Å². The Morgan fingerprint density at radius 2 is 1.76 bits per heavy atom. The lowest BCUT2D eigenvalue weighted by Crippen LogP contribution is -2.16. The zero-order valence-corrected chi connectivity index (χ0v) is 11.9. The largest absolute Gasteiger partial charge is 0.478 e. The number of hydrogen-bond donors (Lipinski definition) is 2. The number of carboxylic acid groups (broad SMARTS) is 1. The molecule has 0 saturated heterocycles. The second kappa shape index (κ2) is 6.01. The van der Waals surface area contributed by atoms with Gasteiger partial charge in [-0.3, -0.25) is 4.79 Å². The minimum Gasteiger partial charge on any atom is -0.478 e. The smallest absolute Gasteiger partial charge is 0.337 e. The molecule has 0 fully saturated rings. The second-order valence-corrected chi connectivity index (χ2v) is 4.99. The number of halogens is 3. The fourth-order valence-corrected chi connectivity index (χ4v) is 2.02. The van der Waals surface area contributed by atoms with Crippen molar-refractivity contribution in [2.24, 2.45) is 0 Å². The Morgan fingerprint density at radius 3 is 2.43 bits per heavy atom. The first kappa shape index (κ1) is 15.1. The van der Waals surface area contributed by atoms with E-state index >= 15 is 0 Å². The lowest BCUT2D eigenvalue weighted by Gasteiger charge is -2.09. The molecule has 0 bridgehead atoms. The summed E-state index contributed by atoms with van der Waals surface area (Å²) in [5.41, 5.74) is -0.794. The number of hydrogen-bond acceptors (Lipinski definition) is 2. The third-order valence-electron chi connectivity index (χ3n) is 2.63. The molecule has 4 nitrogen and oxygen atoms in total. The summed E-state index contributed by atoms with van der Waals surface area (Å²) in [7, 11) is 0. The second-order valence-electron chi connectivity index (χ2n) is 4.07. The first-order chi connectivity index (χ1) is 9.88. The highest BCUT2D eigenvalue weighted by Crippen LogP contribution is 2.20. The van der Waals surface area contributed by atoms with Gasteiger partial charge in [-0.2, -0.15) is 0 Å². The van der Waals surface area contributed by atoms with Crippen LogP contribution < -0.4 is 5.32 Å². The quantitative estimate of drug-likeness (QED) is 0.882. The molecule has 2 aromatic rings. The van der Waals surface area contributed by atoms with Gasteiger partial charge in [-0.25, -0.2) is 13.6 Å². The summed E-state index contributed by atoms with van der Waals surface area (Å²) < 4.78 is 27.1. The van der Waals surface area contributed by atoms with E-state index in [1.807, 2.05) is 0 Å². The molecule has 0 atom stereocenters. The number of carbonyl (C=O) groups excluding carboxylic acids is 1. The molecule has 21 heavy (non-hydrogen) atoms. The highest BCUT2D eigenvalue weighted by atomic mass is 79.9. The lowest BCUT2D eigenvalue weighted by atomic mass is 10.1. The number of benzene rings is 2. The van der Waals surface area contributed by atoms with Gasteiger partial charge in [0.25, 0.3) is 5.91 Å². The molecular formula is C14H8BrF2NO3. The summed E-state index contributed by atoms with van der Waals surface area (Å²) in [4.78, 5) is 23.0. The van der Waals surface area contributed by atoms with Crippen LogP contribution in [-0.4, -0.2) is 17.0 Å². The van der Waals surface area contributed by atoms with E-state index in [1.165, 1.54) is 12.1 Å². The first-order valence-electron chi connectivity index (χ1n) is 5.67. The Labute approximate surface area is 126 Å². The van der Waals surface area contributed by atoms with Gasteiger partial charge < -0.3 is 10.4 Å². The van der Waals surface area contributed by atoms with Crippen molar-refractivity contribution in [3.8, 4) is 0 Å². The molecule has 2 aromatic carbocycles. The summed E-state index contributed by atoms with van der Waals surface area (Å²) in [5, 5.41) is 11.2. The number of carboxylic acids is 1. The van der Waals surface area contributed by atoms with E-state index in [0.717, 1.165) is 24.3 Å². The van der Waals surface area contributed by atoms with Crippen molar-refractivity contribution < 1.29 is 23.5 Å². The summed E-state index contributed by atoms with van der Waals surface area (Å²) in [5.74, 6) is -3.74. The van der Waals surface area contributed by atoms with Crippen LogP contribution in [0.25, 0.3) is 0 Å². The Balaban J connectivity index is 2.36. The van der Waals surface area contributed by atoms with Crippen molar-refractivity contribution in [2.75, 3.05) is 5.32 Å². The van der Waals surface area contributed by atoms with Gasteiger partial charge in [-0.05, 0) is 36.4 Å². The summed E-state index contributed by atoms with van der Waals surface area (Å²) in [6.45, 7) is 0. The van der Waals surface area contributed by atoms with Crippen LogP contribution in [0.3, 0.4) is 0 Å². The summed E-state index contributed by atoms with van der Waals surface area (Å²) in [6.07, 6.45) is 0. The maximum absolute atomic E-state index is 13.6. The molecule has 2 rings (SSSR count). The standard InChI is InChI=1S/C14H8BrF2NO3/c15-7-1-3-11(17)9(5-7)13(19)18-12-4-2-8(16)6-10(12)14(20)21/h1-6H,(H,18,19)(H,20,21). The zero-order chi connectivity index (χ0) is 15.6. The van der Waals surface area contributed by atoms with E-state index < -0.39 is 29.1 Å². The number of anilines is 1. The minimum atomic E-state index is -1.40. The number of aromatic carboxylic acids is 1. The summed E-state index contributed by atoms with van der Waals surface area (Å²) >= 11 is 3.11. The third-order valence-corrected chi connectivity index (χ3v) is 3.13. The Kier molecular flexibility index (Phi) is 4.32. The van der Waals surface area contributed by atoms with Gasteiger partial charge in [-0.1, -0.05) is 15.9 Å². The normalized spacial score (nSPS) is 10.2.